The third-order valence-corrected chi connectivity index (χ3v) is 4.76. The molecule has 92 valence electrons. The van der Waals surface area contributed by atoms with Crippen molar-refractivity contribution in [1.82, 2.24) is 14.3 Å². The van der Waals surface area contributed by atoms with E-state index in [9.17, 15) is 0 Å². The van der Waals surface area contributed by atoms with E-state index in [0.29, 0.717) is 0 Å². The summed E-state index contributed by atoms with van der Waals surface area (Å²) in [5.41, 5.74) is 1.52. The summed E-state index contributed by atoms with van der Waals surface area (Å²) in [6.07, 6.45) is 4.65. The summed E-state index contributed by atoms with van der Waals surface area (Å²) in [4.78, 5) is 8.59. The molecule has 0 radical (unpaired) electrons. The predicted octanol–water partition coefficient (Wildman–Crippen LogP) is 2.69. The molecule has 0 unspecified atom stereocenters. The molecule has 1 aliphatic rings. The Morgan fingerprint density at radius 1 is 1.47 bits per heavy atom. The maximum absolute atomic E-state index is 4.83. The number of rotatable bonds is 1. The van der Waals surface area contributed by atoms with Gasteiger partial charge in [0.15, 0.2) is 0 Å². The van der Waals surface area contributed by atoms with Crippen LogP contribution < -0.4 is 0 Å². The van der Waals surface area contributed by atoms with Gasteiger partial charge < -0.3 is 4.90 Å². The van der Waals surface area contributed by atoms with E-state index in [1.807, 2.05) is 11.3 Å². The Bertz CT molecular complexity index is 542. The van der Waals surface area contributed by atoms with Gasteiger partial charge in [0, 0.05) is 23.5 Å². The van der Waals surface area contributed by atoms with Crippen molar-refractivity contribution in [2.24, 2.45) is 0 Å². The summed E-state index contributed by atoms with van der Waals surface area (Å²) < 4.78 is 2.22. The largest absolute Gasteiger partial charge is 0.305 e. The van der Waals surface area contributed by atoms with Gasteiger partial charge in [-0.1, -0.05) is 6.92 Å². The lowest BCUT2D eigenvalue weighted by atomic mass is 9.79. The topological polar surface area (TPSA) is 20.5 Å². The van der Waals surface area contributed by atoms with Gasteiger partial charge in [0.25, 0.3) is 0 Å². The standard InChI is InChI=1S/C13H19N3S/c1-10-14-11(12-16(10)7-8-17-12)13(2)5-4-6-15(3)9-13/h7-8H,4-6,9H2,1-3H3/t13-/m0/s1. The van der Waals surface area contributed by atoms with E-state index in [4.69, 9.17) is 4.98 Å². The van der Waals surface area contributed by atoms with Crippen LogP contribution in [-0.2, 0) is 5.41 Å². The maximum atomic E-state index is 4.83. The first-order valence-corrected chi connectivity index (χ1v) is 7.09. The third-order valence-electron chi connectivity index (χ3n) is 3.89. The maximum Gasteiger partial charge on any atom is 0.123 e. The van der Waals surface area contributed by atoms with Crippen LogP contribution in [0.5, 0.6) is 0 Å². The van der Waals surface area contributed by atoms with Crippen LogP contribution in [0, 0.1) is 6.92 Å². The van der Waals surface area contributed by atoms with E-state index in [0.717, 1.165) is 12.4 Å². The highest BCUT2D eigenvalue weighted by Gasteiger charge is 2.35. The van der Waals surface area contributed by atoms with E-state index in [-0.39, 0.29) is 5.41 Å². The van der Waals surface area contributed by atoms with Crippen molar-refractivity contribution in [2.45, 2.75) is 32.1 Å². The molecular weight excluding hydrogens is 230 g/mol. The molecule has 2 aromatic heterocycles. The van der Waals surface area contributed by atoms with Crippen LogP contribution in [0.4, 0.5) is 0 Å². The quantitative estimate of drug-likeness (QED) is 0.774. The van der Waals surface area contributed by atoms with Crippen LogP contribution in [0.25, 0.3) is 4.83 Å². The van der Waals surface area contributed by atoms with E-state index >= 15 is 0 Å². The van der Waals surface area contributed by atoms with Crippen LogP contribution in [-0.4, -0.2) is 34.4 Å². The average Bonchev–Trinajstić information content (AvgIpc) is 2.82. The second-order valence-corrected chi connectivity index (χ2v) is 6.38. The minimum atomic E-state index is 0.220. The molecule has 1 aliphatic heterocycles. The molecule has 1 atom stereocenters. The molecule has 0 N–H and O–H groups in total. The first-order chi connectivity index (χ1) is 8.10. The van der Waals surface area contributed by atoms with Gasteiger partial charge in [-0.25, -0.2) is 4.98 Å². The lowest BCUT2D eigenvalue weighted by molar-refractivity contribution is 0.186. The SMILES string of the molecule is Cc1nc([C@@]2(C)CCCN(C)C2)c2sccn12. The number of imidazole rings is 1. The monoisotopic (exact) mass is 249 g/mol. The molecule has 3 heterocycles. The van der Waals surface area contributed by atoms with Crippen LogP contribution in [0.2, 0.25) is 0 Å². The molecule has 1 saturated heterocycles. The predicted molar refractivity (Wildman–Crippen MR) is 71.9 cm³/mol. The van der Waals surface area contributed by atoms with Crippen molar-refractivity contribution >= 4 is 16.2 Å². The fourth-order valence-electron chi connectivity index (χ4n) is 3.05. The fraction of sp³-hybridized carbons (Fsp3) is 0.615. The molecule has 0 spiro atoms. The lowest BCUT2D eigenvalue weighted by Gasteiger charge is -2.37. The van der Waals surface area contributed by atoms with E-state index in [2.05, 4.69) is 41.8 Å². The van der Waals surface area contributed by atoms with Crippen molar-refractivity contribution in [3.63, 3.8) is 0 Å². The molecule has 3 nitrogen and oxygen atoms in total. The first kappa shape index (κ1) is 11.2. The van der Waals surface area contributed by atoms with Gasteiger partial charge in [-0.05, 0) is 33.4 Å². The van der Waals surface area contributed by atoms with Crippen LogP contribution in [0.3, 0.4) is 0 Å². The molecule has 0 aromatic carbocycles. The zero-order valence-electron chi connectivity index (χ0n) is 10.7. The number of aromatic nitrogens is 2. The van der Waals surface area contributed by atoms with E-state index < -0.39 is 0 Å². The Morgan fingerprint density at radius 3 is 3.06 bits per heavy atom. The lowest BCUT2D eigenvalue weighted by Crippen LogP contribution is -2.42. The van der Waals surface area contributed by atoms with Gasteiger partial charge >= 0.3 is 0 Å². The summed E-state index contributed by atoms with van der Waals surface area (Å²) in [6, 6.07) is 0. The summed E-state index contributed by atoms with van der Waals surface area (Å²) >= 11 is 1.81. The van der Waals surface area contributed by atoms with Gasteiger partial charge in [-0.2, -0.15) is 0 Å². The number of fused-ring (bicyclic) bond motifs is 1. The molecule has 0 aliphatic carbocycles. The number of hydrogen-bond donors (Lipinski definition) is 0. The van der Waals surface area contributed by atoms with Crippen molar-refractivity contribution in [1.29, 1.82) is 0 Å². The number of likely N-dealkylation sites (tertiary alicyclic amines) is 1. The van der Waals surface area contributed by atoms with Gasteiger partial charge in [0.2, 0.25) is 0 Å². The number of aryl methyl sites for hydroxylation is 1. The van der Waals surface area contributed by atoms with Gasteiger partial charge in [0.1, 0.15) is 10.7 Å². The number of hydrogen-bond acceptors (Lipinski definition) is 3. The van der Waals surface area contributed by atoms with Crippen LogP contribution >= 0.6 is 11.3 Å². The molecule has 1 fully saturated rings. The Balaban J connectivity index is 2.10. The number of piperidine rings is 1. The third kappa shape index (κ3) is 1.70. The minimum Gasteiger partial charge on any atom is -0.305 e. The van der Waals surface area contributed by atoms with Gasteiger partial charge in [-0.3, -0.25) is 4.40 Å². The van der Waals surface area contributed by atoms with Gasteiger partial charge in [0.05, 0.1) is 5.69 Å². The molecule has 2 aromatic rings. The number of nitrogens with zero attached hydrogens (tertiary/aromatic N) is 3. The molecule has 0 saturated carbocycles. The summed E-state index contributed by atoms with van der Waals surface area (Å²) in [6.45, 7) is 6.80. The molecule has 3 rings (SSSR count). The molecule has 4 heteroatoms. The molecular formula is C13H19N3S. The van der Waals surface area contributed by atoms with Crippen LogP contribution in [0.15, 0.2) is 11.6 Å². The second kappa shape index (κ2) is 3.82. The highest BCUT2D eigenvalue weighted by molar-refractivity contribution is 7.15. The van der Waals surface area contributed by atoms with Crippen molar-refractivity contribution < 1.29 is 0 Å². The van der Waals surface area contributed by atoms with Crippen LogP contribution in [0.1, 0.15) is 31.3 Å². The normalized spacial score (nSPS) is 26.8. The number of likely N-dealkylation sites (N-methyl/N-ethyl adjacent to an activating group) is 1. The van der Waals surface area contributed by atoms with Crippen molar-refractivity contribution in [3.8, 4) is 0 Å². The highest BCUT2D eigenvalue weighted by Crippen LogP contribution is 2.36. The average molecular weight is 249 g/mol. The Labute approximate surface area is 106 Å². The molecule has 17 heavy (non-hydrogen) atoms. The second-order valence-electron chi connectivity index (χ2n) is 5.49. The van der Waals surface area contributed by atoms with E-state index in [1.54, 1.807) is 0 Å². The first-order valence-electron chi connectivity index (χ1n) is 6.21. The van der Waals surface area contributed by atoms with Gasteiger partial charge in [-0.15, -0.1) is 11.3 Å². The Kier molecular flexibility index (Phi) is 2.52. The Morgan fingerprint density at radius 2 is 2.29 bits per heavy atom. The van der Waals surface area contributed by atoms with Crippen molar-refractivity contribution in [2.75, 3.05) is 20.1 Å². The summed E-state index contributed by atoms with van der Waals surface area (Å²) in [7, 11) is 2.21. The highest BCUT2D eigenvalue weighted by atomic mass is 32.1. The smallest absolute Gasteiger partial charge is 0.123 e. The summed E-state index contributed by atoms with van der Waals surface area (Å²) in [5.74, 6) is 1.12. The zero-order valence-corrected chi connectivity index (χ0v) is 11.5. The molecule has 0 bridgehead atoms. The van der Waals surface area contributed by atoms with Crippen molar-refractivity contribution in [3.05, 3.63) is 23.1 Å². The van der Waals surface area contributed by atoms with E-state index in [1.165, 1.54) is 29.9 Å². The number of thiazole rings is 1. The summed E-state index contributed by atoms with van der Waals surface area (Å²) in [5, 5.41) is 2.16. The Hall–Kier alpha value is -0.870. The molecule has 0 amide bonds. The zero-order chi connectivity index (χ0) is 12.0. The fourth-order valence-corrected chi connectivity index (χ4v) is 4.07. The minimum absolute atomic E-state index is 0.220.